The maximum atomic E-state index is 13.3. The van der Waals surface area contributed by atoms with E-state index in [0.717, 1.165) is 44.6 Å². The summed E-state index contributed by atoms with van der Waals surface area (Å²) < 4.78 is 47.3. The van der Waals surface area contributed by atoms with Gasteiger partial charge >= 0.3 is 6.18 Å². The second-order valence-corrected chi connectivity index (χ2v) is 10.3. The molecule has 12 heteroatoms. The number of aromatic nitrogens is 2. The summed E-state index contributed by atoms with van der Waals surface area (Å²) >= 11 is 0. The number of ether oxygens (including phenoxy) is 1. The monoisotopic (exact) mass is 533 g/mol. The molecule has 0 aliphatic carbocycles. The summed E-state index contributed by atoms with van der Waals surface area (Å²) in [5, 5.41) is 0. The number of guanidine groups is 1. The van der Waals surface area contributed by atoms with E-state index >= 15 is 0 Å². The maximum absolute atomic E-state index is 13.3. The van der Waals surface area contributed by atoms with Gasteiger partial charge in [0.1, 0.15) is 0 Å². The lowest BCUT2D eigenvalue weighted by atomic mass is 9.93. The third-order valence-corrected chi connectivity index (χ3v) is 7.73. The zero-order chi connectivity index (χ0) is 26.9. The zero-order valence-electron chi connectivity index (χ0n) is 21.5. The second kappa shape index (κ2) is 10.9. The number of aliphatic imine (C=N–C) groups is 2. The summed E-state index contributed by atoms with van der Waals surface area (Å²) in [6.45, 7) is 6.66. The van der Waals surface area contributed by atoms with E-state index in [1.807, 2.05) is 22.6 Å². The Kier molecular flexibility index (Phi) is 7.60. The van der Waals surface area contributed by atoms with E-state index in [1.165, 1.54) is 6.07 Å². The third kappa shape index (κ3) is 5.64. The van der Waals surface area contributed by atoms with Crippen molar-refractivity contribution in [1.29, 1.82) is 0 Å². The molecule has 1 atom stereocenters. The van der Waals surface area contributed by atoms with Crippen LogP contribution in [0.15, 0.2) is 28.2 Å². The van der Waals surface area contributed by atoms with Gasteiger partial charge in [-0.05, 0) is 63.9 Å². The molecular weight excluding hydrogens is 499 g/mol. The number of amides is 1. The normalized spacial score (nSPS) is 22.2. The topological polar surface area (TPSA) is 101 Å². The van der Waals surface area contributed by atoms with Crippen molar-refractivity contribution < 1.29 is 22.7 Å². The average molecular weight is 534 g/mol. The number of hydrogen-bond donors (Lipinski definition) is 1. The van der Waals surface area contributed by atoms with Crippen LogP contribution in [0.3, 0.4) is 0 Å². The Labute approximate surface area is 219 Å². The lowest BCUT2D eigenvalue weighted by Crippen LogP contribution is -2.46. The van der Waals surface area contributed by atoms with Crippen LogP contribution in [0.5, 0.6) is 6.01 Å². The molecule has 206 valence electrons. The van der Waals surface area contributed by atoms with Crippen molar-refractivity contribution in [3.63, 3.8) is 0 Å². The maximum Gasteiger partial charge on any atom is 0.416 e. The first-order chi connectivity index (χ1) is 18.2. The Hall–Kier alpha value is -3.15. The molecule has 0 spiro atoms. The molecule has 3 aliphatic heterocycles. The number of imidazole rings is 1. The molecule has 0 saturated carbocycles. The second-order valence-electron chi connectivity index (χ2n) is 10.3. The van der Waals surface area contributed by atoms with Crippen molar-refractivity contribution in [3.8, 4) is 6.01 Å². The molecule has 2 aromatic rings. The van der Waals surface area contributed by atoms with Crippen LogP contribution in [0.1, 0.15) is 44.2 Å². The SMILES string of the molecule is CCOc1nc2cc(C(F)(F)F)ccc2n1C1CCN(C(=O)C2CCN(CC3C=NC(N)=NC3)CC2)CC1. The molecule has 9 nitrogen and oxygen atoms in total. The Morgan fingerprint density at radius 1 is 1.13 bits per heavy atom. The Balaban J connectivity index is 1.18. The van der Waals surface area contributed by atoms with Crippen molar-refractivity contribution >= 4 is 29.1 Å². The van der Waals surface area contributed by atoms with Crippen LogP contribution in [0.25, 0.3) is 11.0 Å². The highest BCUT2D eigenvalue weighted by molar-refractivity contribution is 5.88. The first-order valence-electron chi connectivity index (χ1n) is 13.3. The minimum absolute atomic E-state index is 0.00182. The van der Waals surface area contributed by atoms with Gasteiger partial charge < -0.3 is 20.3 Å². The van der Waals surface area contributed by atoms with E-state index in [4.69, 9.17) is 10.5 Å². The number of halogens is 3. The quantitative estimate of drug-likeness (QED) is 0.614. The number of hydrogen-bond acceptors (Lipinski definition) is 7. The Morgan fingerprint density at radius 2 is 1.87 bits per heavy atom. The summed E-state index contributed by atoms with van der Waals surface area (Å²) in [6, 6.07) is 3.96. The smallest absolute Gasteiger partial charge is 0.416 e. The van der Waals surface area contributed by atoms with Crippen LogP contribution in [0.2, 0.25) is 0 Å². The number of rotatable bonds is 6. The number of alkyl halides is 3. The van der Waals surface area contributed by atoms with Crippen LogP contribution in [-0.4, -0.2) is 83.3 Å². The molecule has 2 saturated heterocycles. The van der Waals surface area contributed by atoms with Gasteiger partial charge in [-0.3, -0.25) is 14.4 Å². The van der Waals surface area contributed by atoms with Crippen molar-refractivity contribution in [2.75, 3.05) is 45.9 Å². The van der Waals surface area contributed by atoms with Gasteiger partial charge in [-0.15, -0.1) is 0 Å². The predicted molar refractivity (Wildman–Crippen MR) is 138 cm³/mol. The van der Waals surface area contributed by atoms with E-state index in [1.54, 1.807) is 0 Å². The number of carbonyl (C=O) groups is 1. The highest BCUT2D eigenvalue weighted by Gasteiger charge is 2.34. The molecule has 0 radical (unpaired) electrons. The lowest BCUT2D eigenvalue weighted by molar-refractivity contribution is -0.138. The van der Waals surface area contributed by atoms with Crippen molar-refractivity contribution in [3.05, 3.63) is 23.8 Å². The molecule has 38 heavy (non-hydrogen) atoms. The van der Waals surface area contributed by atoms with Gasteiger partial charge in [-0.25, -0.2) is 4.99 Å². The number of benzene rings is 1. The molecule has 4 heterocycles. The molecular formula is C26H34F3N7O2. The fourth-order valence-electron chi connectivity index (χ4n) is 5.72. The number of likely N-dealkylation sites (tertiary alicyclic amines) is 2. The molecule has 1 amide bonds. The van der Waals surface area contributed by atoms with Gasteiger partial charge in [-0.1, -0.05) is 0 Å². The Bertz CT molecular complexity index is 1210. The number of carbonyl (C=O) groups excluding carboxylic acids is 1. The first-order valence-corrected chi connectivity index (χ1v) is 13.3. The highest BCUT2D eigenvalue weighted by atomic mass is 19.4. The standard InChI is InChI=1S/C26H34F3N7O2/c1-2-38-25-33-21-13-19(26(27,28)29)3-4-22(21)36(25)20-7-11-35(12-8-20)23(37)18-5-9-34(10-6-18)16-17-14-31-24(30)32-15-17/h3-4,13-14,17-18,20H,2,5-12,15-16H2,1H3,(H2,30,32). The van der Waals surface area contributed by atoms with Gasteiger partial charge in [0.2, 0.25) is 11.9 Å². The summed E-state index contributed by atoms with van der Waals surface area (Å²) in [5.74, 6) is 0.815. The molecule has 3 aliphatic rings. The minimum atomic E-state index is -4.43. The highest BCUT2D eigenvalue weighted by Crippen LogP contribution is 2.36. The Morgan fingerprint density at radius 3 is 2.50 bits per heavy atom. The van der Waals surface area contributed by atoms with Crippen molar-refractivity contribution in [2.45, 2.75) is 44.8 Å². The van der Waals surface area contributed by atoms with E-state index in [9.17, 15) is 18.0 Å². The van der Waals surface area contributed by atoms with E-state index in [-0.39, 0.29) is 29.3 Å². The van der Waals surface area contributed by atoms with Gasteiger partial charge in [0, 0.05) is 43.7 Å². The summed E-state index contributed by atoms with van der Waals surface area (Å²) in [5.41, 5.74) is 5.76. The van der Waals surface area contributed by atoms with E-state index < -0.39 is 11.7 Å². The summed E-state index contributed by atoms with van der Waals surface area (Å²) in [7, 11) is 0. The molecule has 2 N–H and O–H groups in total. The summed E-state index contributed by atoms with van der Waals surface area (Å²) in [4.78, 5) is 30.3. The van der Waals surface area contributed by atoms with Crippen LogP contribution in [0, 0.1) is 11.8 Å². The largest absolute Gasteiger partial charge is 0.465 e. The number of nitrogens with zero attached hydrogens (tertiary/aromatic N) is 6. The fraction of sp³-hybridized carbons (Fsp3) is 0.615. The number of piperidine rings is 2. The number of nitrogens with two attached hydrogens (primary N) is 1. The van der Waals surface area contributed by atoms with Crippen molar-refractivity contribution in [2.24, 2.45) is 27.6 Å². The zero-order valence-corrected chi connectivity index (χ0v) is 21.5. The van der Waals surface area contributed by atoms with Crippen molar-refractivity contribution in [1.82, 2.24) is 19.4 Å². The molecule has 1 aromatic heterocycles. The molecule has 2 fully saturated rings. The molecule has 1 aromatic carbocycles. The van der Waals surface area contributed by atoms with Crippen LogP contribution >= 0.6 is 0 Å². The molecule has 5 rings (SSSR count). The fourth-order valence-corrected chi connectivity index (χ4v) is 5.72. The minimum Gasteiger partial charge on any atom is -0.465 e. The van der Waals surface area contributed by atoms with Crippen LogP contribution in [-0.2, 0) is 11.0 Å². The van der Waals surface area contributed by atoms with Gasteiger partial charge in [0.05, 0.1) is 29.7 Å². The lowest BCUT2D eigenvalue weighted by Gasteiger charge is -2.38. The van der Waals surface area contributed by atoms with Gasteiger partial charge in [-0.2, -0.15) is 18.2 Å². The number of fused-ring (bicyclic) bond motifs is 1. The summed E-state index contributed by atoms with van der Waals surface area (Å²) in [6.07, 6.45) is 0.494. The van der Waals surface area contributed by atoms with E-state index in [2.05, 4.69) is 19.9 Å². The van der Waals surface area contributed by atoms with Gasteiger partial charge in [0.25, 0.3) is 6.01 Å². The molecule has 1 unspecified atom stereocenters. The predicted octanol–water partition coefficient (Wildman–Crippen LogP) is 3.34. The van der Waals surface area contributed by atoms with Crippen LogP contribution in [0.4, 0.5) is 13.2 Å². The first kappa shape index (κ1) is 26.5. The van der Waals surface area contributed by atoms with E-state index in [0.29, 0.717) is 56.6 Å². The molecule has 0 bridgehead atoms. The third-order valence-electron chi connectivity index (χ3n) is 7.73. The van der Waals surface area contributed by atoms with Gasteiger partial charge in [0.15, 0.2) is 0 Å². The van der Waals surface area contributed by atoms with Crippen LogP contribution < -0.4 is 10.5 Å². The average Bonchev–Trinajstić information content (AvgIpc) is 3.27.